The fraction of sp³-hybridized carbons (Fsp3) is 0. The van der Waals surface area contributed by atoms with Crippen LogP contribution in [0.15, 0.2) is 29.5 Å². The summed E-state index contributed by atoms with van der Waals surface area (Å²) < 4.78 is 0. The molecule has 0 saturated carbocycles. The van der Waals surface area contributed by atoms with Crippen molar-refractivity contribution in [3.05, 3.63) is 24.4 Å². The lowest BCUT2D eigenvalue weighted by molar-refractivity contribution is 1.23. The fourth-order valence-corrected chi connectivity index (χ4v) is 0.555. The quantitative estimate of drug-likeness (QED) is 0.395. The van der Waals surface area contributed by atoms with E-state index in [2.05, 4.69) is 32.9 Å². The second-order valence-corrected chi connectivity index (χ2v) is 1.71. The van der Waals surface area contributed by atoms with Crippen molar-refractivity contribution in [1.82, 2.24) is 4.98 Å². The number of aromatic nitrogens is 1. The van der Waals surface area contributed by atoms with Crippen molar-refractivity contribution in [1.29, 1.82) is 0 Å². The monoisotopic (exact) mass is 151 g/mol. The van der Waals surface area contributed by atoms with Gasteiger partial charge in [0.15, 0.2) is 0 Å². The van der Waals surface area contributed by atoms with Gasteiger partial charge in [0.05, 0.1) is 5.16 Å². The molecule has 1 heterocycles. The van der Waals surface area contributed by atoms with Gasteiger partial charge in [-0.2, -0.15) is 0 Å². The summed E-state index contributed by atoms with van der Waals surface area (Å²) in [6, 6.07) is 5.47. The average Bonchev–Trinajstić information content (AvgIpc) is 2.03. The fourth-order valence-electron chi connectivity index (χ4n) is 0.509. The number of pyridine rings is 1. The third-order valence-electron chi connectivity index (χ3n) is 0.881. The molecule has 50 valence electrons. The molecule has 0 aromatic carbocycles. The van der Waals surface area contributed by atoms with Crippen molar-refractivity contribution in [2.45, 2.75) is 0 Å². The smallest absolute Gasteiger partial charge is 0.146 e. The van der Waals surface area contributed by atoms with E-state index in [1.54, 1.807) is 12.3 Å². The van der Waals surface area contributed by atoms with Gasteiger partial charge in [-0.15, -0.1) is 5.10 Å². The standard InChI is InChI=1S/C6H5N3S/c10-5-8-9-6-3-1-2-4-7-6/h1-4H,(H,7,9). The maximum Gasteiger partial charge on any atom is 0.146 e. The molecule has 0 bridgehead atoms. The van der Waals surface area contributed by atoms with Crippen LogP contribution in [-0.4, -0.2) is 10.1 Å². The normalized spacial score (nSPS) is 8.00. The second kappa shape index (κ2) is 3.71. The number of anilines is 1. The minimum atomic E-state index is 0.667. The lowest BCUT2D eigenvalue weighted by Gasteiger charge is -1.92. The Morgan fingerprint density at radius 3 is 3.10 bits per heavy atom. The van der Waals surface area contributed by atoms with Gasteiger partial charge >= 0.3 is 0 Å². The molecule has 3 nitrogen and oxygen atoms in total. The molecule has 10 heavy (non-hydrogen) atoms. The predicted octanol–water partition coefficient (Wildman–Crippen LogP) is 1.51. The van der Waals surface area contributed by atoms with Crippen LogP contribution in [0.2, 0.25) is 0 Å². The number of nitrogens with one attached hydrogen (secondary N) is 1. The number of hydrogen-bond donors (Lipinski definition) is 1. The first-order valence-corrected chi connectivity index (χ1v) is 3.08. The number of nitrogens with zero attached hydrogens (tertiary/aromatic N) is 2. The summed E-state index contributed by atoms with van der Waals surface area (Å²) in [6.07, 6.45) is 1.67. The Kier molecular flexibility index (Phi) is 2.55. The first-order chi connectivity index (χ1) is 4.93. The van der Waals surface area contributed by atoms with Gasteiger partial charge in [-0.25, -0.2) is 4.98 Å². The Balaban J connectivity index is 2.67. The summed E-state index contributed by atoms with van der Waals surface area (Å²) in [5, 5.41) is 5.67. The van der Waals surface area contributed by atoms with E-state index >= 15 is 0 Å². The first-order valence-electron chi connectivity index (χ1n) is 2.67. The zero-order chi connectivity index (χ0) is 7.23. The van der Waals surface area contributed by atoms with Crippen LogP contribution < -0.4 is 5.43 Å². The molecule has 1 rings (SSSR count). The average molecular weight is 151 g/mol. The van der Waals surface area contributed by atoms with E-state index in [1.165, 1.54) is 0 Å². The molecule has 1 aromatic heterocycles. The summed E-state index contributed by atoms with van der Waals surface area (Å²) in [4.78, 5) is 3.93. The zero-order valence-electron chi connectivity index (χ0n) is 5.11. The van der Waals surface area contributed by atoms with Crippen LogP contribution in [0, 0.1) is 0 Å². The lowest BCUT2D eigenvalue weighted by atomic mass is 10.5. The van der Waals surface area contributed by atoms with Crippen LogP contribution in [0.1, 0.15) is 0 Å². The van der Waals surface area contributed by atoms with Crippen LogP contribution in [0.5, 0.6) is 0 Å². The van der Waals surface area contributed by atoms with E-state index in [0.717, 1.165) is 0 Å². The summed E-state index contributed by atoms with van der Waals surface area (Å²) in [7, 11) is 0. The molecule has 0 aliphatic carbocycles. The van der Waals surface area contributed by atoms with Crippen LogP contribution in [-0.2, 0) is 0 Å². The number of hydrazone groups is 1. The van der Waals surface area contributed by atoms with Crippen molar-refractivity contribution in [3.63, 3.8) is 0 Å². The molecule has 0 amide bonds. The van der Waals surface area contributed by atoms with Crippen molar-refractivity contribution in [3.8, 4) is 0 Å². The zero-order valence-corrected chi connectivity index (χ0v) is 5.93. The molecule has 0 spiro atoms. The highest BCUT2D eigenvalue weighted by Crippen LogP contribution is 1.97. The summed E-state index contributed by atoms with van der Waals surface area (Å²) >= 11 is 4.34. The Labute approximate surface area is 63.8 Å². The van der Waals surface area contributed by atoms with Gasteiger partial charge in [-0.05, 0) is 24.4 Å². The molecular formula is C6H5N3S. The molecular weight excluding hydrogens is 146 g/mol. The SMILES string of the molecule is S=C=NNc1ccccn1. The molecule has 0 fully saturated rings. The van der Waals surface area contributed by atoms with Crippen molar-refractivity contribution >= 4 is 23.2 Å². The van der Waals surface area contributed by atoms with Gasteiger partial charge < -0.3 is 0 Å². The molecule has 1 N–H and O–H groups in total. The van der Waals surface area contributed by atoms with Crippen LogP contribution in [0.25, 0.3) is 0 Å². The number of isothiocyanates is 1. The van der Waals surface area contributed by atoms with Crippen LogP contribution in [0.3, 0.4) is 0 Å². The first kappa shape index (κ1) is 6.86. The minimum absolute atomic E-state index is 0.667. The number of rotatable bonds is 2. The van der Waals surface area contributed by atoms with Gasteiger partial charge in [0.1, 0.15) is 5.82 Å². The lowest BCUT2D eigenvalue weighted by Crippen LogP contribution is -1.88. The highest BCUT2D eigenvalue weighted by molar-refractivity contribution is 7.78. The molecule has 0 atom stereocenters. The van der Waals surface area contributed by atoms with Crippen molar-refractivity contribution < 1.29 is 0 Å². The van der Waals surface area contributed by atoms with Gasteiger partial charge in [-0.3, -0.25) is 5.43 Å². The van der Waals surface area contributed by atoms with Crippen LogP contribution in [0.4, 0.5) is 5.82 Å². The van der Waals surface area contributed by atoms with Gasteiger partial charge in [0, 0.05) is 6.20 Å². The molecule has 0 saturated heterocycles. The van der Waals surface area contributed by atoms with E-state index in [-0.39, 0.29) is 0 Å². The number of hydrogen-bond acceptors (Lipinski definition) is 4. The van der Waals surface area contributed by atoms with Crippen molar-refractivity contribution in [2.75, 3.05) is 5.43 Å². The van der Waals surface area contributed by atoms with Crippen molar-refractivity contribution in [2.24, 2.45) is 5.10 Å². The third kappa shape index (κ3) is 1.93. The Hall–Kier alpha value is -1.25. The predicted molar refractivity (Wildman–Crippen MR) is 42.9 cm³/mol. The summed E-state index contributed by atoms with van der Waals surface area (Å²) in [6.45, 7) is 0. The Morgan fingerprint density at radius 1 is 1.60 bits per heavy atom. The molecule has 0 unspecified atom stereocenters. The largest absolute Gasteiger partial charge is 0.252 e. The Bertz CT molecular complexity index is 240. The minimum Gasteiger partial charge on any atom is -0.252 e. The third-order valence-corrected chi connectivity index (χ3v) is 0.972. The highest BCUT2D eigenvalue weighted by atomic mass is 32.1. The highest BCUT2D eigenvalue weighted by Gasteiger charge is 1.83. The van der Waals surface area contributed by atoms with Gasteiger partial charge in [-0.1, -0.05) is 6.07 Å². The van der Waals surface area contributed by atoms with Gasteiger partial charge in [0.25, 0.3) is 0 Å². The number of thiocarbonyl (C=S) groups is 1. The second-order valence-electron chi connectivity index (χ2n) is 1.53. The van der Waals surface area contributed by atoms with E-state index in [0.29, 0.717) is 5.82 Å². The molecule has 0 aliphatic rings. The molecule has 4 heteroatoms. The van der Waals surface area contributed by atoms with E-state index in [4.69, 9.17) is 0 Å². The van der Waals surface area contributed by atoms with Crippen LogP contribution >= 0.6 is 12.2 Å². The molecule has 0 radical (unpaired) electrons. The Morgan fingerprint density at radius 2 is 2.50 bits per heavy atom. The summed E-state index contributed by atoms with van der Waals surface area (Å²) in [5.41, 5.74) is 2.59. The maximum atomic E-state index is 4.34. The van der Waals surface area contributed by atoms with E-state index < -0.39 is 0 Å². The van der Waals surface area contributed by atoms with Gasteiger partial charge in [0.2, 0.25) is 0 Å². The molecule has 1 aromatic rings. The van der Waals surface area contributed by atoms with E-state index in [1.807, 2.05) is 12.1 Å². The molecule has 0 aliphatic heterocycles. The topological polar surface area (TPSA) is 37.3 Å². The maximum absolute atomic E-state index is 4.34. The summed E-state index contributed by atoms with van der Waals surface area (Å²) in [5.74, 6) is 0.667. The van der Waals surface area contributed by atoms with E-state index in [9.17, 15) is 0 Å².